The summed E-state index contributed by atoms with van der Waals surface area (Å²) >= 11 is 0. The van der Waals surface area contributed by atoms with E-state index in [0.29, 0.717) is 0 Å². The molecule has 136 valence electrons. The molecule has 4 nitrogen and oxygen atoms in total. The summed E-state index contributed by atoms with van der Waals surface area (Å²) in [6, 6.07) is 12.0. The van der Waals surface area contributed by atoms with Crippen molar-refractivity contribution in [3.8, 4) is 0 Å². The molecule has 1 amide bonds. The first-order valence-electron chi connectivity index (χ1n) is 9.81. The van der Waals surface area contributed by atoms with Crippen LogP contribution in [0.2, 0.25) is 0 Å². The van der Waals surface area contributed by atoms with E-state index in [4.69, 9.17) is 4.98 Å². The first kappa shape index (κ1) is 17.1. The minimum Gasteiger partial charge on any atom is -0.356 e. The lowest BCUT2D eigenvalue weighted by molar-refractivity contribution is 0.0611. The second-order valence-corrected chi connectivity index (χ2v) is 7.48. The number of nitrogens with zero attached hydrogens (tertiary/aromatic N) is 3. The zero-order valence-corrected chi connectivity index (χ0v) is 15.5. The predicted octanol–water partition coefficient (Wildman–Crippen LogP) is 4.36. The minimum atomic E-state index is 0.135. The predicted molar refractivity (Wildman–Crippen MR) is 104 cm³/mol. The largest absolute Gasteiger partial charge is 0.356 e. The van der Waals surface area contributed by atoms with Crippen molar-refractivity contribution in [2.24, 2.45) is 0 Å². The van der Waals surface area contributed by atoms with E-state index in [1.807, 2.05) is 41.4 Å². The number of hydrogen-bond donors (Lipinski definition) is 0. The first-order valence-corrected chi connectivity index (χ1v) is 9.81. The van der Waals surface area contributed by atoms with Gasteiger partial charge in [0.1, 0.15) is 5.82 Å². The Bertz CT molecular complexity index is 768. The topological polar surface area (TPSA) is 36.4 Å². The van der Waals surface area contributed by atoms with E-state index in [9.17, 15) is 4.79 Å². The molecule has 0 N–H and O–H groups in total. The second kappa shape index (κ2) is 7.48. The van der Waals surface area contributed by atoms with Gasteiger partial charge in [0.25, 0.3) is 5.91 Å². The van der Waals surface area contributed by atoms with E-state index in [1.165, 1.54) is 24.0 Å². The third-order valence-corrected chi connectivity index (χ3v) is 5.65. The lowest BCUT2D eigenvalue weighted by atomic mass is 9.94. The van der Waals surface area contributed by atoms with Crippen LogP contribution in [-0.4, -0.2) is 35.4 Å². The van der Waals surface area contributed by atoms with Crippen LogP contribution >= 0.6 is 0 Å². The van der Waals surface area contributed by atoms with Crippen LogP contribution in [0.1, 0.15) is 59.6 Å². The number of aromatic nitrogens is 1. The lowest BCUT2D eigenvalue weighted by Gasteiger charge is -2.36. The molecule has 26 heavy (non-hydrogen) atoms. The van der Waals surface area contributed by atoms with Gasteiger partial charge in [0, 0.05) is 31.4 Å². The van der Waals surface area contributed by atoms with E-state index >= 15 is 0 Å². The van der Waals surface area contributed by atoms with Crippen LogP contribution in [0.5, 0.6) is 0 Å². The molecule has 2 aliphatic heterocycles. The molecular weight excluding hydrogens is 322 g/mol. The van der Waals surface area contributed by atoms with Crippen molar-refractivity contribution in [2.75, 3.05) is 24.5 Å². The fraction of sp³-hybridized carbons (Fsp3) is 0.455. The number of rotatable bonds is 3. The maximum atomic E-state index is 13.0. The standard InChI is InChI=1S/C22H27N3O/c1-17-15-19(16-23-21(17)24-12-7-8-13-24)20-11-5-6-14-25(20)22(26)18-9-3-2-4-10-18/h2-4,9-10,15-16,20H,5-8,11-14H2,1H3/t20-/m1/s1. The van der Waals surface area contributed by atoms with Gasteiger partial charge < -0.3 is 9.80 Å². The summed E-state index contributed by atoms with van der Waals surface area (Å²) in [5, 5.41) is 0. The number of piperidine rings is 1. The van der Waals surface area contributed by atoms with E-state index in [0.717, 1.165) is 50.3 Å². The van der Waals surface area contributed by atoms with Gasteiger partial charge in [-0.1, -0.05) is 18.2 Å². The minimum absolute atomic E-state index is 0.135. The van der Waals surface area contributed by atoms with Crippen LogP contribution < -0.4 is 4.90 Å². The molecule has 4 heteroatoms. The highest BCUT2D eigenvalue weighted by molar-refractivity contribution is 5.94. The summed E-state index contributed by atoms with van der Waals surface area (Å²) in [7, 11) is 0. The fourth-order valence-electron chi connectivity index (χ4n) is 4.30. The van der Waals surface area contributed by atoms with Gasteiger partial charge in [-0.25, -0.2) is 4.98 Å². The van der Waals surface area contributed by atoms with Gasteiger partial charge in [0.2, 0.25) is 0 Å². The molecule has 0 radical (unpaired) electrons. The monoisotopic (exact) mass is 349 g/mol. The van der Waals surface area contributed by atoms with Gasteiger partial charge in [-0.15, -0.1) is 0 Å². The Labute approximate surface area is 155 Å². The van der Waals surface area contributed by atoms with Crippen LogP contribution in [0, 0.1) is 6.92 Å². The number of carbonyl (C=O) groups is 1. The number of anilines is 1. The molecule has 1 atom stereocenters. The molecule has 2 saturated heterocycles. The summed E-state index contributed by atoms with van der Waals surface area (Å²) in [4.78, 5) is 22.3. The molecule has 2 fully saturated rings. The zero-order valence-electron chi connectivity index (χ0n) is 15.5. The third kappa shape index (κ3) is 3.33. The van der Waals surface area contributed by atoms with E-state index in [-0.39, 0.29) is 11.9 Å². The number of pyridine rings is 1. The molecule has 4 rings (SSSR count). The molecule has 0 unspecified atom stereocenters. The molecule has 1 aromatic heterocycles. The molecule has 0 aliphatic carbocycles. The third-order valence-electron chi connectivity index (χ3n) is 5.65. The first-order chi connectivity index (χ1) is 12.7. The number of benzene rings is 1. The quantitative estimate of drug-likeness (QED) is 0.826. The summed E-state index contributed by atoms with van der Waals surface area (Å²) in [5.74, 6) is 1.25. The SMILES string of the molecule is Cc1cc([C@H]2CCCCN2C(=O)c2ccccc2)cnc1N1CCCC1. The van der Waals surface area contributed by atoms with E-state index in [2.05, 4.69) is 17.9 Å². The normalized spacial score (nSPS) is 20.4. The van der Waals surface area contributed by atoms with Crippen LogP contribution in [-0.2, 0) is 0 Å². The van der Waals surface area contributed by atoms with Gasteiger partial charge in [-0.05, 0) is 68.4 Å². The molecule has 2 aromatic rings. The van der Waals surface area contributed by atoms with Crippen LogP contribution in [0.3, 0.4) is 0 Å². The molecule has 0 spiro atoms. The van der Waals surface area contributed by atoms with Crippen LogP contribution in [0.15, 0.2) is 42.6 Å². The van der Waals surface area contributed by atoms with Crippen molar-refractivity contribution in [2.45, 2.75) is 45.1 Å². The van der Waals surface area contributed by atoms with Crippen molar-refractivity contribution in [3.05, 3.63) is 59.3 Å². The summed E-state index contributed by atoms with van der Waals surface area (Å²) in [5.41, 5.74) is 3.18. The summed E-state index contributed by atoms with van der Waals surface area (Å²) in [6.45, 7) is 5.19. The highest BCUT2D eigenvalue weighted by atomic mass is 16.2. The zero-order chi connectivity index (χ0) is 17.9. The van der Waals surface area contributed by atoms with Crippen molar-refractivity contribution < 1.29 is 4.79 Å². The molecule has 0 saturated carbocycles. The van der Waals surface area contributed by atoms with E-state index in [1.54, 1.807) is 0 Å². The van der Waals surface area contributed by atoms with Gasteiger partial charge in [-0.2, -0.15) is 0 Å². The molecule has 1 aromatic carbocycles. The van der Waals surface area contributed by atoms with Gasteiger partial charge in [0.05, 0.1) is 6.04 Å². The average Bonchev–Trinajstić information content (AvgIpc) is 3.22. The Morgan fingerprint density at radius 2 is 1.77 bits per heavy atom. The van der Waals surface area contributed by atoms with E-state index < -0.39 is 0 Å². The van der Waals surface area contributed by atoms with Gasteiger partial charge >= 0.3 is 0 Å². The molecular formula is C22H27N3O. The molecule has 2 aliphatic rings. The maximum absolute atomic E-state index is 13.0. The molecule has 3 heterocycles. The highest BCUT2D eigenvalue weighted by Crippen LogP contribution is 2.34. The average molecular weight is 349 g/mol. The number of hydrogen-bond acceptors (Lipinski definition) is 3. The Kier molecular flexibility index (Phi) is 4.91. The Morgan fingerprint density at radius 1 is 1.04 bits per heavy atom. The van der Waals surface area contributed by atoms with Crippen molar-refractivity contribution in [1.82, 2.24) is 9.88 Å². The Morgan fingerprint density at radius 3 is 2.50 bits per heavy atom. The fourth-order valence-corrected chi connectivity index (χ4v) is 4.30. The lowest BCUT2D eigenvalue weighted by Crippen LogP contribution is -2.38. The Balaban J connectivity index is 1.60. The maximum Gasteiger partial charge on any atom is 0.254 e. The number of likely N-dealkylation sites (tertiary alicyclic amines) is 1. The number of aryl methyl sites for hydroxylation is 1. The van der Waals surface area contributed by atoms with Crippen molar-refractivity contribution in [1.29, 1.82) is 0 Å². The number of carbonyl (C=O) groups excluding carboxylic acids is 1. The molecule has 0 bridgehead atoms. The summed E-state index contributed by atoms with van der Waals surface area (Å²) in [6.07, 6.45) is 7.77. The van der Waals surface area contributed by atoms with Crippen molar-refractivity contribution >= 4 is 11.7 Å². The highest BCUT2D eigenvalue weighted by Gasteiger charge is 2.29. The van der Waals surface area contributed by atoms with Crippen molar-refractivity contribution in [3.63, 3.8) is 0 Å². The number of amides is 1. The van der Waals surface area contributed by atoms with Gasteiger partial charge in [0.15, 0.2) is 0 Å². The Hall–Kier alpha value is -2.36. The second-order valence-electron chi connectivity index (χ2n) is 7.48. The van der Waals surface area contributed by atoms with Crippen LogP contribution in [0.4, 0.5) is 5.82 Å². The smallest absolute Gasteiger partial charge is 0.254 e. The summed E-state index contributed by atoms with van der Waals surface area (Å²) < 4.78 is 0. The van der Waals surface area contributed by atoms with Crippen LogP contribution in [0.25, 0.3) is 0 Å². The van der Waals surface area contributed by atoms with Gasteiger partial charge in [-0.3, -0.25) is 4.79 Å².